The van der Waals surface area contributed by atoms with Gasteiger partial charge in [0.25, 0.3) is 0 Å². The number of primary amides is 1. The Bertz CT molecular complexity index is 202. The van der Waals surface area contributed by atoms with Gasteiger partial charge in [0.2, 0.25) is 5.91 Å². The van der Waals surface area contributed by atoms with Crippen LogP contribution in [0.5, 0.6) is 0 Å². The van der Waals surface area contributed by atoms with Crippen LogP contribution in [0.3, 0.4) is 0 Å². The van der Waals surface area contributed by atoms with Gasteiger partial charge in [0.15, 0.2) is 0 Å². The molecule has 1 rings (SSSR count). The van der Waals surface area contributed by atoms with E-state index in [1.54, 1.807) is 0 Å². The van der Waals surface area contributed by atoms with Gasteiger partial charge >= 0.3 is 0 Å². The predicted octanol–water partition coefficient (Wildman–Crippen LogP) is -0.782. The summed E-state index contributed by atoms with van der Waals surface area (Å²) in [5.74, 6) is -0.203. The highest BCUT2D eigenvalue weighted by molar-refractivity contribution is 5.73. The minimum Gasteiger partial charge on any atom is -0.370 e. The van der Waals surface area contributed by atoms with Gasteiger partial charge in [-0.25, -0.2) is 0 Å². The van der Waals surface area contributed by atoms with Gasteiger partial charge in [0, 0.05) is 39.1 Å². The number of piperazine rings is 1. The molecule has 1 heterocycles. The van der Waals surface area contributed by atoms with E-state index in [9.17, 15) is 4.79 Å². The van der Waals surface area contributed by atoms with Crippen LogP contribution in [0, 0.1) is 0 Å². The van der Waals surface area contributed by atoms with Crippen molar-refractivity contribution in [2.45, 2.75) is 19.3 Å². The highest BCUT2D eigenvalue weighted by Crippen LogP contribution is 2.03. The lowest BCUT2D eigenvalue weighted by atomic mass is 10.2. The summed E-state index contributed by atoms with van der Waals surface area (Å²) < 4.78 is 0. The van der Waals surface area contributed by atoms with E-state index in [1.165, 1.54) is 6.42 Å². The minimum atomic E-state index is -0.203. The highest BCUT2D eigenvalue weighted by atomic mass is 16.1. The van der Waals surface area contributed by atoms with E-state index in [4.69, 9.17) is 11.5 Å². The first-order valence-electron chi connectivity index (χ1n) is 6.15. The molecule has 5 heteroatoms. The molecule has 1 aliphatic rings. The second-order valence-electron chi connectivity index (χ2n) is 4.40. The smallest absolute Gasteiger partial charge is 0.218 e. The molecule has 94 valence electrons. The third-order valence-corrected chi connectivity index (χ3v) is 3.07. The van der Waals surface area contributed by atoms with Gasteiger partial charge in [-0.1, -0.05) is 0 Å². The number of nitrogens with two attached hydrogens (primary N) is 2. The van der Waals surface area contributed by atoms with Crippen LogP contribution in [-0.4, -0.2) is 61.5 Å². The number of hydrogen-bond acceptors (Lipinski definition) is 4. The van der Waals surface area contributed by atoms with Crippen molar-refractivity contribution in [1.29, 1.82) is 0 Å². The van der Waals surface area contributed by atoms with Gasteiger partial charge in [-0.3, -0.25) is 4.79 Å². The number of nitrogens with zero attached hydrogens (tertiary/aromatic N) is 2. The Hall–Kier alpha value is -0.650. The molecule has 0 saturated carbocycles. The van der Waals surface area contributed by atoms with Gasteiger partial charge in [-0.05, 0) is 25.9 Å². The van der Waals surface area contributed by atoms with Crippen LogP contribution in [0.25, 0.3) is 0 Å². The lowest BCUT2D eigenvalue weighted by Crippen LogP contribution is -2.47. The zero-order chi connectivity index (χ0) is 11.8. The van der Waals surface area contributed by atoms with Crippen molar-refractivity contribution < 1.29 is 4.79 Å². The Kier molecular flexibility index (Phi) is 6.37. The van der Waals surface area contributed by atoms with E-state index < -0.39 is 0 Å². The molecule has 0 radical (unpaired) electrons. The van der Waals surface area contributed by atoms with Crippen LogP contribution in [0.1, 0.15) is 19.3 Å². The number of hydrogen-bond donors (Lipinski definition) is 2. The van der Waals surface area contributed by atoms with Crippen LogP contribution in [0.2, 0.25) is 0 Å². The molecule has 1 saturated heterocycles. The Labute approximate surface area is 97.7 Å². The second-order valence-corrected chi connectivity index (χ2v) is 4.40. The highest BCUT2D eigenvalue weighted by Gasteiger charge is 2.16. The minimum absolute atomic E-state index is 0.203. The summed E-state index contributed by atoms with van der Waals surface area (Å²) in [6.07, 6.45) is 2.78. The van der Waals surface area contributed by atoms with E-state index in [0.717, 1.165) is 52.2 Å². The zero-order valence-corrected chi connectivity index (χ0v) is 10.0. The normalized spacial score (nSPS) is 18.8. The van der Waals surface area contributed by atoms with Crippen molar-refractivity contribution in [1.82, 2.24) is 9.80 Å². The fourth-order valence-electron chi connectivity index (χ4n) is 1.98. The molecule has 0 unspecified atom stereocenters. The van der Waals surface area contributed by atoms with E-state index in [2.05, 4.69) is 9.80 Å². The van der Waals surface area contributed by atoms with Crippen LogP contribution in [0.15, 0.2) is 0 Å². The molecule has 4 N–H and O–H groups in total. The third kappa shape index (κ3) is 5.44. The monoisotopic (exact) mass is 228 g/mol. The van der Waals surface area contributed by atoms with E-state index in [1.807, 2.05) is 0 Å². The molecule has 16 heavy (non-hydrogen) atoms. The molecule has 1 fully saturated rings. The van der Waals surface area contributed by atoms with Gasteiger partial charge < -0.3 is 21.3 Å². The summed E-state index contributed by atoms with van der Waals surface area (Å²) in [4.78, 5) is 15.4. The Balaban J connectivity index is 2.06. The van der Waals surface area contributed by atoms with Gasteiger partial charge in [0.05, 0.1) is 0 Å². The van der Waals surface area contributed by atoms with Crippen molar-refractivity contribution >= 4 is 5.91 Å². The standard InChI is InChI=1S/C11H24N4O/c12-4-1-2-5-14-7-9-15(10-8-14)6-3-11(13)16/h1-10,12H2,(H2,13,16). The van der Waals surface area contributed by atoms with Crippen LogP contribution in [0.4, 0.5) is 0 Å². The van der Waals surface area contributed by atoms with E-state index >= 15 is 0 Å². The molecular formula is C11H24N4O. The summed E-state index contributed by atoms with van der Waals surface area (Å²) in [6.45, 7) is 7.06. The SMILES string of the molecule is NCCCCN1CCN(CCC(N)=O)CC1. The van der Waals surface area contributed by atoms with Crippen LogP contribution >= 0.6 is 0 Å². The Morgan fingerprint density at radius 2 is 1.56 bits per heavy atom. The molecule has 0 aliphatic carbocycles. The molecule has 1 amide bonds. The molecule has 1 aliphatic heterocycles. The number of rotatable bonds is 7. The number of carbonyl (C=O) groups excluding carboxylic acids is 1. The number of amides is 1. The Morgan fingerprint density at radius 1 is 1.00 bits per heavy atom. The largest absolute Gasteiger partial charge is 0.370 e. The Morgan fingerprint density at radius 3 is 2.06 bits per heavy atom. The van der Waals surface area contributed by atoms with E-state index in [0.29, 0.717) is 6.42 Å². The molecule has 0 aromatic rings. The molecule has 0 atom stereocenters. The maximum Gasteiger partial charge on any atom is 0.218 e. The summed E-state index contributed by atoms with van der Waals surface area (Å²) >= 11 is 0. The molecule has 0 aromatic heterocycles. The number of unbranched alkanes of at least 4 members (excludes halogenated alkanes) is 1. The fraction of sp³-hybridized carbons (Fsp3) is 0.909. The topological polar surface area (TPSA) is 75.6 Å². The third-order valence-electron chi connectivity index (χ3n) is 3.07. The van der Waals surface area contributed by atoms with Gasteiger partial charge in [0.1, 0.15) is 0 Å². The van der Waals surface area contributed by atoms with Crippen molar-refractivity contribution in [3.63, 3.8) is 0 Å². The number of carbonyl (C=O) groups is 1. The molecule has 5 nitrogen and oxygen atoms in total. The first kappa shape index (κ1) is 13.4. The maximum atomic E-state index is 10.7. The lowest BCUT2D eigenvalue weighted by Gasteiger charge is -2.34. The molecule has 0 bridgehead atoms. The van der Waals surface area contributed by atoms with Gasteiger partial charge in [-0.15, -0.1) is 0 Å². The van der Waals surface area contributed by atoms with Crippen molar-refractivity contribution in [3.8, 4) is 0 Å². The average Bonchev–Trinajstić information content (AvgIpc) is 2.28. The first-order valence-corrected chi connectivity index (χ1v) is 6.15. The van der Waals surface area contributed by atoms with Gasteiger partial charge in [-0.2, -0.15) is 0 Å². The van der Waals surface area contributed by atoms with Crippen molar-refractivity contribution in [2.75, 3.05) is 45.8 Å². The summed E-state index contributed by atoms with van der Waals surface area (Å²) in [7, 11) is 0. The molecule has 0 spiro atoms. The summed E-state index contributed by atoms with van der Waals surface area (Å²) in [5.41, 5.74) is 10.6. The summed E-state index contributed by atoms with van der Waals surface area (Å²) in [5, 5.41) is 0. The van der Waals surface area contributed by atoms with Crippen LogP contribution < -0.4 is 11.5 Å². The average molecular weight is 228 g/mol. The van der Waals surface area contributed by atoms with E-state index in [-0.39, 0.29) is 5.91 Å². The second kappa shape index (κ2) is 7.60. The molecule has 0 aromatic carbocycles. The summed E-state index contributed by atoms with van der Waals surface area (Å²) in [6, 6.07) is 0. The molecular weight excluding hydrogens is 204 g/mol. The van der Waals surface area contributed by atoms with Crippen LogP contribution in [-0.2, 0) is 4.79 Å². The zero-order valence-electron chi connectivity index (χ0n) is 10.0. The first-order chi connectivity index (χ1) is 7.72. The predicted molar refractivity (Wildman–Crippen MR) is 65.0 cm³/mol. The van der Waals surface area contributed by atoms with Crippen molar-refractivity contribution in [2.24, 2.45) is 11.5 Å². The lowest BCUT2D eigenvalue weighted by molar-refractivity contribution is -0.118. The fourth-order valence-corrected chi connectivity index (χ4v) is 1.98. The maximum absolute atomic E-state index is 10.7. The van der Waals surface area contributed by atoms with Crippen molar-refractivity contribution in [3.05, 3.63) is 0 Å². The quantitative estimate of drug-likeness (QED) is 0.560.